The van der Waals surface area contributed by atoms with Crippen LogP contribution in [-0.4, -0.2) is 83.9 Å². The molecule has 0 saturated heterocycles. The summed E-state index contributed by atoms with van der Waals surface area (Å²) in [6.07, 6.45) is 1.77. The molecule has 1 aliphatic heterocycles. The lowest BCUT2D eigenvalue weighted by Crippen LogP contribution is -2.41. The molecule has 0 unspecified atom stereocenters. The molecule has 10 nitrogen and oxygen atoms in total. The van der Waals surface area contributed by atoms with Crippen molar-refractivity contribution in [1.82, 2.24) is 14.5 Å². The highest BCUT2D eigenvalue weighted by Gasteiger charge is 2.27. The lowest BCUT2D eigenvalue weighted by molar-refractivity contribution is -0.124. The highest BCUT2D eigenvalue weighted by atomic mass is 32.2. The van der Waals surface area contributed by atoms with Crippen LogP contribution in [-0.2, 0) is 32.5 Å². The van der Waals surface area contributed by atoms with Gasteiger partial charge in [0.25, 0.3) is 0 Å². The average molecular weight is 533 g/mol. The van der Waals surface area contributed by atoms with Gasteiger partial charge in [0.1, 0.15) is 11.5 Å². The van der Waals surface area contributed by atoms with Gasteiger partial charge >= 0.3 is 0 Å². The number of amides is 2. The number of anilines is 1. The zero-order valence-corrected chi connectivity index (χ0v) is 23.1. The molecule has 2 amide bonds. The van der Waals surface area contributed by atoms with E-state index in [1.165, 1.54) is 19.7 Å². The maximum absolute atomic E-state index is 13.1. The average Bonchev–Trinajstić information content (AvgIpc) is 3.02. The summed E-state index contributed by atoms with van der Waals surface area (Å²) in [6, 6.07) is 7.14. The van der Waals surface area contributed by atoms with Gasteiger partial charge in [-0.2, -0.15) is 4.31 Å². The van der Waals surface area contributed by atoms with E-state index < -0.39 is 28.4 Å². The summed E-state index contributed by atoms with van der Waals surface area (Å²) < 4.78 is 37.9. The summed E-state index contributed by atoms with van der Waals surface area (Å²) in [5, 5.41) is 5.29. The van der Waals surface area contributed by atoms with Gasteiger partial charge in [-0.3, -0.25) is 9.59 Å². The van der Waals surface area contributed by atoms with E-state index in [1.54, 1.807) is 33.1 Å². The number of sulfonamides is 1. The van der Waals surface area contributed by atoms with E-state index in [1.807, 2.05) is 12.1 Å². The van der Waals surface area contributed by atoms with Gasteiger partial charge in [-0.1, -0.05) is 0 Å². The highest BCUT2D eigenvalue weighted by Crippen LogP contribution is 2.31. The number of methoxy groups -OCH3 is 2. The fourth-order valence-corrected chi connectivity index (χ4v) is 5.97. The summed E-state index contributed by atoms with van der Waals surface area (Å²) >= 11 is 0. The van der Waals surface area contributed by atoms with Crippen LogP contribution in [0.15, 0.2) is 29.2 Å². The van der Waals surface area contributed by atoms with Gasteiger partial charge in [-0.15, -0.1) is 0 Å². The molecule has 202 valence electrons. The number of benzene rings is 2. The standard InChI is InChI=1S/C26H36N4O6S/c1-17-11-21(35-5)12-18(2)26(17)37(33,34)30(4)16-25(32)27-15-24(31)28-22-13-19-7-9-29(3)10-8-20(19)14-23(22)36-6/h11-14H,7-10,15-16H2,1-6H3,(H,27,32)(H,28,31). The molecule has 0 fully saturated rings. The summed E-state index contributed by atoms with van der Waals surface area (Å²) in [4.78, 5) is 27.5. The summed E-state index contributed by atoms with van der Waals surface area (Å²) in [5.74, 6) is 0.0736. The minimum atomic E-state index is -3.94. The van der Waals surface area contributed by atoms with Gasteiger partial charge in [0.15, 0.2) is 0 Å². The van der Waals surface area contributed by atoms with Crippen molar-refractivity contribution in [2.45, 2.75) is 31.6 Å². The smallest absolute Gasteiger partial charge is 0.243 e. The van der Waals surface area contributed by atoms with Crippen molar-refractivity contribution in [2.24, 2.45) is 0 Å². The van der Waals surface area contributed by atoms with Gasteiger partial charge in [0, 0.05) is 20.1 Å². The molecule has 0 bridgehead atoms. The molecule has 0 saturated carbocycles. The molecule has 11 heteroatoms. The second-order valence-electron chi connectivity index (χ2n) is 9.30. The third kappa shape index (κ3) is 6.79. The van der Waals surface area contributed by atoms with Crippen LogP contribution in [0.4, 0.5) is 5.69 Å². The number of nitrogens with zero attached hydrogens (tertiary/aromatic N) is 2. The molecule has 2 aromatic rings. The van der Waals surface area contributed by atoms with E-state index in [0.29, 0.717) is 28.3 Å². The van der Waals surface area contributed by atoms with Crippen LogP contribution in [0, 0.1) is 13.8 Å². The van der Waals surface area contributed by atoms with Gasteiger partial charge in [0.2, 0.25) is 21.8 Å². The number of nitrogens with one attached hydrogen (secondary N) is 2. The normalized spacial score (nSPS) is 14.0. The molecule has 2 aromatic carbocycles. The maximum atomic E-state index is 13.1. The minimum absolute atomic E-state index is 0.128. The number of rotatable bonds is 9. The number of fused-ring (bicyclic) bond motifs is 1. The molecule has 0 spiro atoms. The Hall–Kier alpha value is -3.15. The molecule has 1 heterocycles. The fourth-order valence-electron chi connectivity index (χ4n) is 4.44. The zero-order valence-electron chi connectivity index (χ0n) is 22.3. The third-order valence-corrected chi connectivity index (χ3v) is 8.58. The lowest BCUT2D eigenvalue weighted by Gasteiger charge is -2.20. The Morgan fingerprint density at radius 3 is 2.14 bits per heavy atom. The SMILES string of the molecule is COc1cc(C)c(S(=O)(=O)N(C)CC(=O)NCC(=O)Nc2cc3c(cc2OC)CCN(C)CC3)c(C)c1. The van der Waals surface area contributed by atoms with Crippen LogP contribution < -0.4 is 20.1 Å². The predicted octanol–water partition coefficient (Wildman–Crippen LogP) is 1.73. The van der Waals surface area contributed by atoms with Crippen molar-refractivity contribution in [3.05, 3.63) is 46.5 Å². The second kappa shape index (κ2) is 11.9. The molecule has 3 rings (SSSR count). The Morgan fingerprint density at radius 1 is 0.973 bits per heavy atom. The Labute approximate surface area is 219 Å². The van der Waals surface area contributed by atoms with Gasteiger partial charge in [-0.05, 0) is 80.3 Å². The van der Waals surface area contributed by atoms with Crippen LogP contribution in [0.25, 0.3) is 0 Å². The van der Waals surface area contributed by atoms with Crippen molar-refractivity contribution >= 4 is 27.5 Å². The van der Waals surface area contributed by atoms with E-state index in [9.17, 15) is 18.0 Å². The van der Waals surface area contributed by atoms with Crippen LogP contribution in [0.2, 0.25) is 0 Å². The summed E-state index contributed by atoms with van der Waals surface area (Å²) in [5.41, 5.74) is 3.92. The van der Waals surface area contributed by atoms with Crippen molar-refractivity contribution in [3.8, 4) is 11.5 Å². The van der Waals surface area contributed by atoms with Crippen molar-refractivity contribution in [3.63, 3.8) is 0 Å². The molecule has 1 aliphatic rings. The lowest BCUT2D eigenvalue weighted by atomic mass is 10.0. The van der Waals surface area contributed by atoms with Gasteiger partial charge in [0.05, 0.1) is 37.9 Å². The largest absolute Gasteiger partial charge is 0.497 e. The molecular weight excluding hydrogens is 496 g/mol. The van der Waals surface area contributed by atoms with E-state index in [4.69, 9.17) is 9.47 Å². The number of carbonyl (C=O) groups is 2. The van der Waals surface area contributed by atoms with Crippen molar-refractivity contribution in [1.29, 1.82) is 0 Å². The monoisotopic (exact) mass is 532 g/mol. The van der Waals surface area contributed by atoms with Crippen LogP contribution in [0.1, 0.15) is 22.3 Å². The Bertz CT molecular complexity index is 1260. The molecule has 0 aliphatic carbocycles. The topological polar surface area (TPSA) is 117 Å². The zero-order chi connectivity index (χ0) is 27.3. The fraction of sp³-hybridized carbons (Fsp3) is 0.462. The predicted molar refractivity (Wildman–Crippen MR) is 142 cm³/mol. The van der Waals surface area contributed by atoms with Gasteiger partial charge < -0.3 is 25.0 Å². The van der Waals surface area contributed by atoms with Crippen molar-refractivity contribution < 1.29 is 27.5 Å². The number of hydrogen-bond acceptors (Lipinski definition) is 7. The van der Waals surface area contributed by atoms with E-state index in [-0.39, 0.29) is 11.4 Å². The molecule has 0 atom stereocenters. The van der Waals surface area contributed by atoms with E-state index >= 15 is 0 Å². The Balaban J connectivity index is 1.62. The number of hydrogen-bond donors (Lipinski definition) is 2. The summed E-state index contributed by atoms with van der Waals surface area (Å²) in [7, 11) is 2.53. The number of aryl methyl sites for hydroxylation is 2. The number of carbonyl (C=O) groups excluding carboxylic acids is 2. The molecule has 0 aromatic heterocycles. The Kier molecular flexibility index (Phi) is 9.16. The maximum Gasteiger partial charge on any atom is 0.243 e. The number of likely N-dealkylation sites (N-methyl/N-ethyl adjacent to an activating group) is 2. The summed E-state index contributed by atoms with van der Waals surface area (Å²) in [6.45, 7) is 4.49. The minimum Gasteiger partial charge on any atom is -0.497 e. The first kappa shape index (κ1) is 28.4. The molecular formula is C26H36N4O6S. The van der Waals surface area contributed by atoms with Crippen LogP contribution in [0.3, 0.4) is 0 Å². The molecule has 0 radical (unpaired) electrons. The molecule has 2 N–H and O–H groups in total. The third-order valence-electron chi connectivity index (χ3n) is 6.47. The highest BCUT2D eigenvalue weighted by molar-refractivity contribution is 7.89. The first-order valence-electron chi connectivity index (χ1n) is 12.0. The second-order valence-corrected chi connectivity index (χ2v) is 11.3. The van der Waals surface area contributed by atoms with Gasteiger partial charge in [-0.25, -0.2) is 8.42 Å². The number of ether oxygens (including phenoxy) is 2. The van der Waals surface area contributed by atoms with E-state index in [2.05, 4.69) is 22.6 Å². The van der Waals surface area contributed by atoms with Crippen LogP contribution >= 0.6 is 0 Å². The Morgan fingerprint density at radius 2 is 1.57 bits per heavy atom. The van der Waals surface area contributed by atoms with E-state index in [0.717, 1.165) is 35.8 Å². The molecule has 37 heavy (non-hydrogen) atoms. The van der Waals surface area contributed by atoms with Crippen LogP contribution in [0.5, 0.6) is 11.5 Å². The first-order chi connectivity index (χ1) is 17.5. The first-order valence-corrected chi connectivity index (χ1v) is 13.5. The quantitative estimate of drug-likeness (QED) is 0.505. The van der Waals surface area contributed by atoms with Crippen molar-refractivity contribution in [2.75, 3.05) is 59.8 Å².